The number of hydrogen-bond acceptors (Lipinski definition) is 5. The fourth-order valence-corrected chi connectivity index (χ4v) is 4.43. The lowest BCUT2D eigenvalue weighted by Gasteiger charge is -2.38. The van der Waals surface area contributed by atoms with Crippen LogP contribution in [0.4, 0.5) is 4.39 Å². The SMILES string of the molecule is CC(C)C(NC(=O)c1ccc(Br)cc1)C(=O)N1CCCCC1C(=O)NC(CCCN=C(N)N)C(=O)CF. The Morgan fingerprint density at radius 2 is 1.81 bits per heavy atom. The lowest BCUT2D eigenvalue weighted by molar-refractivity contribution is -0.145. The summed E-state index contributed by atoms with van der Waals surface area (Å²) in [6.07, 6.45) is 2.33. The van der Waals surface area contributed by atoms with Crippen LogP contribution in [0.3, 0.4) is 0 Å². The number of rotatable bonds is 12. The summed E-state index contributed by atoms with van der Waals surface area (Å²) in [5.74, 6) is -2.39. The van der Waals surface area contributed by atoms with E-state index in [1.54, 1.807) is 24.3 Å². The Morgan fingerprint density at radius 1 is 1.14 bits per heavy atom. The number of nitrogens with one attached hydrogen (secondary N) is 2. The first-order chi connectivity index (χ1) is 17.5. The van der Waals surface area contributed by atoms with Crippen molar-refractivity contribution in [2.75, 3.05) is 19.8 Å². The van der Waals surface area contributed by atoms with Crippen molar-refractivity contribution in [3.8, 4) is 0 Å². The van der Waals surface area contributed by atoms with E-state index in [1.165, 1.54) is 4.90 Å². The van der Waals surface area contributed by atoms with Crippen LogP contribution < -0.4 is 22.1 Å². The second-order valence-electron chi connectivity index (χ2n) is 9.36. The second-order valence-corrected chi connectivity index (χ2v) is 10.3. The zero-order chi connectivity index (χ0) is 27.5. The van der Waals surface area contributed by atoms with Crippen molar-refractivity contribution < 1.29 is 23.6 Å². The zero-order valence-electron chi connectivity index (χ0n) is 21.2. The van der Waals surface area contributed by atoms with E-state index in [-0.39, 0.29) is 30.8 Å². The number of nitrogens with two attached hydrogens (primary N) is 2. The van der Waals surface area contributed by atoms with E-state index in [2.05, 4.69) is 31.6 Å². The number of piperidine rings is 1. The van der Waals surface area contributed by atoms with E-state index >= 15 is 0 Å². The van der Waals surface area contributed by atoms with Crippen LogP contribution in [0.15, 0.2) is 33.7 Å². The highest BCUT2D eigenvalue weighted by Crippen LogP contribution is 2.21. The van der Waals surface area contributed by atoms with Crippen LogP contribution in [0.1, 0.15) is 56.3 Å². The van der Waals surface area contributed by atoms with Crippen molar-refractivity contribution in [1.82, 2.24) is 15.5 Å². The average Bonchev–Trinajstić information content (AvgIpc) is 2.87. The number of carbonyl (C=O) groups excluding carboxylic acids is 4. The number of amides is 3. The standard InChI is InChI=1S/C25H36BrFN6O4/c1-15(2)21(32-22(35)16-8-10-17(26)11-9-16)24(37)33-13-4-3-7-19(33)23(36)31-18(20(34)14-27)6-5-12-30-25(28)29/h8-11,15,18-19,21H,3-7,12-14H2,1-2H3,(H,31,36)(H,32,35)(H4,28,29,30). The number of guanidine groups is 1. The van der Waals surface area contributed by atoms with Gasteiger partial charge in [0.25, 0.3) is 5.91 Å². The fraction of sp³-hybridized carbons (Fsp3) is 0.560. The molecule has 1 aliphatic rings. The van der Waals surface area contributed by atoms with E-state index < -0.39 is 42.4 Å². The molecule has 2 rings (SSSR count). The molecule has 1 heterocycles. The van der Waals surface area contributed by atoms with Gasteiger partial charge in [-0.25, -0.2) is 4.39 Å². The molecule has 37 heavy (non-hydrogen) atoms. The Kier molecular flexibility index (Phi) is 12.0. The summed E-state index contributed by atoms with van der Waals surface area (Å²) in [5.41, 5.74) is 11.0. The number of aliphatic imine (C=N–C) groups is 1. The molecule has 1 aliphatic heterocycles. The van der Waals surface area contributed by atoms with E-state index in [0.717, 1.165) is 4.47 Å². The molecule has 3 amide bonds. The number of alkyl halides is 1. The molecule has 10 nitrogen and oxygen atoms in total. The molecule has 1 aromatic rings. The maximum Gasteiger partial charge on any atom is 0.251 e. The van der Waals surface area contributed by atoms with Crippen molar-refractivity contribution in [2.45, 2.75) is 64.1 Å². The highest BCUT2D eigenvalue weighted by Gasteiger charge is 2.38. The Morgan fingerprint density at radius 3 is 2.41 bits per heavy atom. The molecule has 1 aromatic carbocycles. The van der Waals surface area contributed by atoms with Gasteiger partial charge >= 0.3 is 0 Å². The topological polar surface area (TPSA) is 160 Å². The lowest BCUT2D eigenvalue weighted by atomic mass is 9.96. The number of ketones is 1. The van der Waals surface area contributed by atoms with E-state index in [9.17, 15) is 23.6 Å². The van der Waals surface area contributed by atoms with Crippen molar-refractivity contribution in [3.05, 3.63) is 34.3 Å². The van der Waals surface area contributed by atoms with Crippen molar-refractivity contribution in [2.24, 2.45) is 22.4 Å². The first-order valence-corrected chi connectivity index (χ1v) is 13.2. The Bertz CT molecular complexity index is 984. The van der Waals surface area contributed by atoms with Gasteiger partial charge < -0.3 is 27.0 Å². The van der Waals surface area contributed by atoms with Crippen molar-refractivity contribution in [3.63, 3.8) is 0 Å². The smallest absolute Gasteiger partial charge is 0.251 e. The molecule has 0 aliphatic carbocycles. The van der Waals surface area contributed by atoms with Gasteiger partial charge in [0.05, 0.1) is 6.04 Å². The number of hydrogen-bond donors (Lipinski definition) is 4. The number of halogens is 2. The maximum absolute atomic E-state index is 13.6. The molecule has 1 fully saturated rings. The van der Waals surface area contributed by atoms with Gasteiger partial charge in [-0.3, -0.25) is 24.2 Å². The normalized spacial score (nSPS) is 17.0. The highest BCUT2D eigenvalue weighted by atomic mass is 79.9. The maximum atomic E-state index is 13.6. The summed E-state index contributed by atoms with van der Waals surface area (Å²) in [6.45, 7) is 2.97. The number of benzene rings is 1. The first-order valence-electron chi connectivity index (χ1n) is 12.4. The third kappa shape index (κ3) is 9.10. The molecule has 0 spiro atoms. The van der Waals surface area contributed by atoms with Gasteiger partial charge in [0.1, 0.15) is 18.8 Å². The first kappa shape index (κ1) is 30.2. The van der Waals surface area contributed by atoms with E-state index in [4.69, 9.17) is 11.5 Å². The molecule has 3 atom stereocenters. The molecule has 12 heteroatoms. The summed E-state index contributed by atoms with van der Waals surface area (Å²) < 4.78 is 14.0. The van der Waals surface area contributed by atoms with Crippen LogP contribution in [-0.4, -0.2) is 72.3 Å². The number of Topliss-reactive ketones (excluding diaryl/α,β-unsaturated/α-hetero) is 1. The predicted molar refractivity (Wildman–Crippen MR) is 142 cm³/mol. The molecule has 6 N–H and O–H groups in total. The van der Waals surface area contributed by atoms with E-state index in [0.29, 0.717) is 37.8 Å². The summed E-state index contributed by atoms with van der Waals surface area (Å²) in [7, 11) is 0. The molecular formula is C25H36BrFN6O4. The Hall–Kier alpha value is -3.02. The highest BCUT2D eigenvalue weighted by molar-refractivity contribution is 9.10. The number of likely N-dealkylation sites (tertiary alicyclic amines) is 1. The third-order valence-electron chi connectivity index (χ3n) is 6.20. The van der Waals surface area contributed by atoms with Gasteiger partial charge in [0.15, 0.2) is 11.7 Å². The van der Waals surface area contributed by atoms with Crippen LogP contribution in [0.5, 0.6) is 0 Å². The van der Waals surface area contributed by atoms with Crippen LogP contribution in [-0.2, 0) is 14.4 Å². The molecular weight excluding hydrogens is 547 g/mol. The molecule has 204 valence electrons. The minimum Gasteiger partial charge on any atom is -0.370 e. The minimum atomic E-state index is -1.22. The fourth-order valence-electron chi connectivity index (χ4n) is 4.16. The minimum absolute atomic E-state index is 0.0966. The van der Waals surface area contributed by atoms with Crippen molar-refractivity contribution >= 4 is 45.4 Å². The van der Waals surface area contributed by atoms with Gasteiger partial charge in [0, 0.05) is 23.1 Å². The van der Waals surface area contributed by atoms with Crippen LogP contribution in [0.2, 0.25) is 0 Å². The van der Waals surface area contributed by atoms with Gasteiger partial charge in [-0.1, -0.05) is 29.8 Å². The largest absolute Gasteiger partial charge is 0.370 e. The average molecular weight is 584 g/mol. The van der Waals surface area contributed by atoms with Gasteiger partial charge in [-0.2, -0.15) is 0 Å². The van der Waals surface area contributed by atoms with Crippen LogP contribution >= 0.6 is 15.9 Å². The van der Waals surface area contributed by atoms with Crippen LogP contribution in [0.25, 0.3) is 0 Å². The quantitative estimate of drug-likeness (QED) is 0.166. The van der Waals surface area contributed by atoms with E-state index in [1.807, 2.05) is 13.8 Å². The van der Waals surface area contributed by atoms with Crippen molar-refractivity contribution in [1.29, 1.82) is 0 Å². The molecule has 0 radical (unpaired) electrons. The molecule has 1 saturated heterocycles. The third-order valence-corrected chi connectivity index (χ3v) is 6.73. The molecule has 0 bridgehead atoms. The number of carbonyl (C=O) groups is 4. The summed E-state index contributed by atoms with van der Waals surface area (Å²) in [5, 5.41) is 5.43. The van der Waals surface area contributed by atoms with Gasteiger partial charge in [-0.15, -0.1) is 0 Å². The lowest BCUT2D eigenvalue weighted by Crippen LogP contribution is -2.60. The molecule has 0 aromatic heterocycles. The predicted octanol–water partition coefficient (Wildman–Crippen LogP) is 1.66. The summed E-state index contributed by atoms with van der Waals surface area (Å²) in [4.78, 5) is 57.1. The Labute approximate surface area is 224 Å². The molecule has 0 saturated carbocycles. The van der Waals surface area contributed by atoms with Crippen LogP contribution in [0, 0.1) is 5.92 Å². The second kappa shape index (κ2) is 14.7. The summed E-state index contributed by atoms with van der Waals surface area (Å²) in [6, 6.07) is 4.02. The summed E-state index contributed by atoms with van der Waals surface area (Å²) >= 11 is 3.33. The zero-order valence-corrected chi connectivity index (χ0v) is 22.8. The number of nitrogens with zero attached hydrogens (tertiary/aromatic N) is 2. The Balaban J connectivity index is 2.14. The monoisotopic (exact) mass is 582 g/mol. The molecule has 3 unspecified atom stereocenters. The van der Waals surface area contributed by atoms with Gasteiger partial charge in [-0.05, 0) is 62.3 Å². The van der Waals surface area contributed by atoms with Gasteiger partial charge in [0.2, 0.25) is 11.8 Å².